The van der Waals surface area contributed by atoms with Crippen LogP contribution in [0.25, 0.3) is 0 Å². The van der Waals surface area contributed by atoms with Crippen molar-refractivity contribution in [1.29, 1.82) is 0 Å². The minimum Gasteiger partial charge on any atom is -0.418 e. The van der Waals surface area contributed by atoms with Gasteiger partial charge < -0.3 is 51.7 Å². The highest BCUT2D eigenvalue weighted by atomic mass is 19.5. The molecule has 0 aromatic carbocycles. The third kappa shape index (κ3) is 156. The van der Waals surface area contributed by atoms with Gasteiger partial charge in [-0.3, -0.25) is 0 Å². The second-order valence-corrected chi connectivity index (χ2v) is 3.29. The molecule has 0 spiro atoms. The molecule has 0 amide bonds. The maximum Gasteiger partial charge on any atom is 0.673 e. The fourth-order valence-corrected chi connectivity index (χ4v) is 0.354. The first kappa shape index (κ1) is 27.8. The zero-order valence-corrected chi connectivity index (χ0v) is 11.9. The highest BCUT2D eigenvalue weighted by molar-refractivity contribution is 6.50. The molecule has 0 rings (SSSR count). The number of hydrogen-bond donors (Lipinski definition) is 6. The van der Waals surface area contributed by atoms with Crippen molar-refractivity contribution in [3.8, 4) is 0 Å². The van der Waals surface area contributed by atoms with Crippen LogP contribution in [0.5, 0.6) is 0 Å². The van der Waals surface area contributed by atoms with Crippen LogP contribution in [0.15, 0.2) is 0 Å². The van der Waals surface area contributed by atoms with Crippen LogP contribution < -0.4 is 34.4 Å². The van der Waals surface area contributed by atoms with Crippen LogP contribution in [0.1, 0.15) is 19.3 Å². The van der Waals surface area contributed by atoms with Crippen LogP contribution >= 0.6 is 0 Å². The maximum atomic E-state index is 9.75. The van der Waals surface area contributed by atoms with Crippen molar-refractivity contribution >= 4 is 7.25 Å². The standard InChI is InChI=1S/3C3H10N2.BF4/c3*4-2-1-3-5;2-1(3,4)5/h3*1-5H2;/q;;;-1. The van der Waals surface area contributed by atoms with E-state index < -0.39 is 7.25 Å². The van der Waals surface area contributed by atoms with Gasteiger partial charge in [-0.25, -0.2) is 0 Å². The largest absolute Gasteiger partial charge is 0.673 e. The predicted octanol–water partition coefficient (Wildman–Crippen LogP) is -0.818. The van der Waals surface area contributed by atoms with Gasteiger partial charge in [0.15, 0.2) is 0 Å². The van der Waals surface area contributed by atoms with E-state index in [1.54, 1.807) is 0 Å². The molecule has 0 radical (unpaired) electrons. The minimum atomic E-state index is -6.00. The fourth-order valence-electron chi connectivity index (χ4n) is 0.354. The molecular weight excluding hydrogens is 279 g/mol. The quantitative estimate of drug-likeness (QED) is 0.278. The maximum absolute atomic E-state index is 9.75. The molecule has 0 saturated heterocycles. The van der Waals surface area contributed by atoms with Gasteiger partial charge in [-0.15, -0.1) is 0 Å². The summed E-state index contributed by atoms with van der Waals surface area (Å²) < 4.78 is 39.0. The van der Waals surface area contributed by atoms with Crippen molar-refractivity contribution in [1.82, 2.24) is 0 Å². The Bertz CT molecular complexity index is 116. The Morgan fingerprint density at radius 3 is 0.550 bits per heavy atom. The Balaban J connectivity index is -0.0000000853. The second-order valence-electron chi connectivity index (χ2n) is 3.29. The Morgan fingerprint density at radius 2 is 0.550 bits per heavy atom. The average Bonchev–Trinajstić information content (AvgIpc) is 2.31. The zero-order valence-electron chi connectivity index (χ0n) is 11.9. The van der Waals surface area contributed by atoms with Gasteiger partial charge >= 0.3 is 7.25 Å². The molecule has 12 N–H and O–H groups in total. The molecule has 0 aliphatic carbocycles. The molecule has 0 aromatic rings. The SMILES string of the molecule is F[B-](F)(F)F.NCCCN.NCCCN.NCCCN. The van der Waals surface area contributed by atoms with Crippen LogP contribution in [-0.4, -0.2) is 46.5 Å². The van der Waals surface area contributed by atoms with E-state index in [2.05, 4.69) is 0 Å². The average molecular weight is 309 g/mol. The third-order valence-corrected chi connectivity index (χ3v) is 1.22. The Labute approximate surface area is 118 Å². The molecule has 20 heavy (non-hydrogen) atoms. The summed E-state index contributed by atoms with van der Waals surface area (Å²) in [5.41, 5.74) is 30.4. The van der Waals surface area contributed by atoms with Crippen molar-refractivity contribution in [2.24, 2.45) is 34.4 Å². The number of hydrogen-bond acceptors (Lipinski definition) is 6. The first-order valence-electron chi connectivity index (χ1n) is 6.32. The summed E-state index contributed by atoms with van der Waals surface area (Å²) in [5, 5.41) is 0. The van der Waals surface area contributed by atoms with Gasteiger partial charge in [0.1, 0.15) is 0 Å². The van der Waals surface area contributed by atoms with Crippen LogP contribution in [0.2, 0.25) is 0 Å². The summed E-state index contributed by atoms with van der Waals surface area (Å²) in [5.74, 6) is 0. The van der Waals surface area contributed by atoms with Gasteiger partial charge in [0.2, 0.25) is 0 Å². The lowest BCUT2D eigenvalue weighted by Gasteiger charge is -1.94. The van der Waals surface area contributed by atoms with E-state index in [1.165, 1.54) is 0 Å². The zero-order chi connectivity index (χ0) is 16.9. The van der Waals surface area contributed by atoms with Crippen LogP contribution in [0, 0.1) is 0 Å². The highest BCUT2D eigenvalue weighted by Crippen LogP contribution is 2.06. The van der Waals surface area contributed by atoms with Crippen LogP contribution in [0.4, 0.5) is 17.3 Å². The van der Waals surface area contributed by atoms with Crippen LogP contribution in [-0.2, 0) is 0 Å². The lowest BCUT2D eigenvalue weighted by molar-refractivity contribution is 0.368. The summed E-state index contributed by atoms with van der Waals surface area (Å²) in [6.45, 7) is 4.31. The Morgan fingerprint density at radius 1 is 0.450 bits per heavy atom. The monoisotopic (exact) mass is 309 g/mol. The molecule has 0 atom stereocenters. The lowest BCUT2D eigenvalue weighted by atomic mass is 10.3. The van der Waals surface area contributed by atoms with Crippen molar-refractivity contribution < 1.29 is 17.3 Å². The normalized spacial score (nSPS) is 9.30. The Hall–Kier alpha value is -0.455. The van der Waals surface area contributed by atoms with E-state index in [1.807, 2.05) is 0 Å². The number of nitrogens with two attached hydrogens (primary N) is 6. The molecule has 6 nitrogen and oxygen atoms in total. The summed E-state index contributed by atoms with van der Waals surface area (Å²) in [6.07, 6.45) is 2.83. The summed E-state index contributed by atoms with van der Waals surface area (Å²) in [7, 11) is -6.00. The van der Waals surface area contributed by atoms with Gasteiger partial charge in [0.25, 0.3) is 0 Å². The smallest absolute Gasteiger partial charge is 0.418 e. The van der Waals surface area contributed by atoms with Crippen LogP contribution in [0.3, 0.4) is 0 Å². The van der Waals surface area contributed by atoms with E-state index >= 15 is 0 Å². The molecule has 0 bridgehead atoms. The van der Waals surface area contributed by atoms with E-state index in [-0.39, 0.29) is 0 Å². The molecule has 11 heteroatoms. The molecule has 0 unspecified atom stereocenters. The molecule has 0 aliphatic heterocycles. The summed E-state index contributed by atoms with van der Waals surface area (Å²) in [6, 6.07) is 0. The summed E-state index contributed by atoms with van der Waals surface area (Å²) in [4.78, 5) is 0. The first-order chi connectivity index (χ1) is 9.24. The van der Waals surface area contributed by atoms with Gasteiger partial charge in [-0.1, -0.05) is 0 Å². The summed E-state index contributed by atoms with van der Waals surface area (Å²) >= 11 is 0. The van der Waals surface area contributed by atoms with E-state index in [0.717, 1.165) is 58.5 Å². The van der Waals surface area contributed by atoms with Gasteiger partial charge in [0.05, 0.1) is 0 Å². The van der Waals surface area contributed by atoms with Gasteiger partial charge in [-0.2, -0.15) is 0 Å². The fraction of sp³-hybridized carbons (Fsp3) is 1.00. The number of halogens is 4. The molecule has 128 valence electrons. The topological polar surface area (TPSA) is 156 Å². The Kier molecular flexibility index (Phi) is 37.5. The minimum absolute atomic E-state index is 0.719. The van der Waals surface area contributed by atoms with Crippen molar-refractivity contribution in [3.63, 3.8) is 0 Å². The molecule has 0 aliphatic rings. The lowest BCUT2D eigenvalue weighted by Crippen LogP contribution is -2.06. The van der Waals surface area contributed by atoms with E-state index in [4.69, 9.17) is 34.4 Å². The van der Waals surface area contributed by atoms with Crippen molar-refractivity contribution in [2.45, 2.75) is 19.3 Å². The second kappa shape index (κ2) is 27.0. The highest BCUT2D eigenvalue weighted by Gasteiger charge is 2.20. The van der Waals surface area contributed by atoms with E-state index in [9.17, 15) is 17.3 Å². The predicted molar refractivity (Wildman–Crippen MR) is 78.4 cm³/mol. The van der Waals surface area contributed by atoms with Crippen molar-refractivity contribution in [2.75, 3.05) is 39.3 Å². The van der Waals surface area contributed by atoms with Gasteiger partial charge in [-0.05, 0) is 58.5 Å². The molecule has 0 heterocycles. The molecule has 0 saturated carbocycles. The van der Waals surface area contributed by atoms with Crippen molar-refractivity contribution in [3.05, 3.63) is 0 Å². The number of rotatable bonds is 6. The van der Waals surface area contributed by atoms with Gasteiger partial charge in [0, 0.05) is 0 Å². The first-order valence-corrected chi connectivity index (χ1v) is 6.32. The van der Waals surface area contributed by atoms with E-state index in [0.29, 0.717) is 0 Å². The molecule has 0 fully saturated rings. The third-order valence-electron chi connectivity index (χ3n) is 1.22. The molecular formula is C9H30BF4N6-. The molecule has 0 aromatic heterocycles.